The quantitative estimate of drug-likeness (QED) is 0.529. The summed E-state index contributed by atoms with van der Waals surface area (Å²) in [6.07, 6.45) is 2.41. The summed E-state index contributed by atoms with van der Waals surface area (Å²) in [5, 5.41) is 9.58. The predicted molar refractivity (Wildman–Crippen MR) is 43.4 cm³/mol. The van der Waals surface area contributed by atoms with Crippen LogP contribution in [0, 0.1) is 11.8 Å². The third kappa shape index (κ3) is 2.20. The lowest BCUT2D eigenvalue weighted by molar-refractivity contribution is 0.0979. The lowest BCUT2D eigenvalue weighted by Gasteiger charge is -1.88. The Balaban J connectivity index is 2.43. The van der Waals surface area contributed by atoms with Crippen LogP contribution in [0.5, 0.6) is 0 Å². The minimum Gasteiger partial charge on any atom is -0.292 e. The van der Waals surface area contributed by atoms with E-state index in [0.717, 1.165) is 0 Å². The fourth-order valence-corrected chi connectivity index (χ4v) is 0.765. The van der Waals surface area contributed by atoms with Gasteiger partial charge in [-0.2, -0.15) is 15.4 Å². The molecule has 0 saturated carbocycles. The van der Waals surface area contributed by atoms with E-state index in [0.29, 0.717) is 18.5 Å². The van der Waals surface area contributed by atoms with Gasteiger partial charge in [-0.1, -0.05) is 0 Å². The number of nitrogens with zero attached hydrogens (tertiary/aromatic N) is 2. The number of ketones is 1. The number of carbonyl (C=O) groups excluding carboxylic acids is 1. The topological polar surface area (TPSA) is 58.6 Å². The second kappa shape index (κ2) is 4.29. The number of nitrogens with one attached hydrogen (secondary N) is 1. The summed E-state index contributed by atoms with van der Waals surface area (Å²) in [4.78, 5) is 11.2. The van der Waals surface area contributed by atoms with Gasteiger partial charge in [-0.05, 0) is 6.92 Å². The van der Waals surface area contributed by atoms with Gasteiger partial charge in [-0.3, -0.25) is 4.79 Å². The van der Waals surface area contributed by atoms with E-state index >= 15 is 0 Å². The van der Waals surface area contributed by atoms with Crippen LogP contribution >= 0.6 is 0 Å². The fraction of sp³-hybridized carbons (Fsp3) is 0.375. The van der Waals surface area contributed by atoms with Gasteiger partial charge in [-0.15, -0.1) is 11.8 Å². The number of Topliss-reactive ketones (excluding diaryl/α,β-unsaturated/α-hetero) is 1. The van der Waals surface area contributed by atoms with Crippen molar-refractivity contribution in [1.29, 1.82) is 0 Å². The van der Waals surface area contributed by atoms with Crippen molar-refractivity contribution in [3.05, 3.63) is 11.9 Å². The summed E-state index contributed by atoms with van der Waals surface area (Å²) in [5.41, 5.74) is 0.382. The van der Waals surface area contributed by atoms with Gasteiger partial charge >= 0.3 is 0 Å². The molecule has 0 aromatic carbocycles. The van der Waals surface area contributed by atoms with Gasteiger partial charge in [-0.25, -0.2) is 0 Å². The average molecular weight is 163 g/mol. The lowest BCUT2D eigenvalue weighted by Crippen LogP contribution is -1.98. The maximum Gasteiger partial charge on any atom is 0.185 e. The molecule has 0 bridgehead atoms. The van der Waals surface area contributed by atoms with E-state index in [1.165, 1.54) is 6.20 Å². The molecule has 1 aromatic heterocycles. The Morgan fingerprint density at radius 2 is 2.58 bits per heavy atom. The molecule has 1 heterocycles. The third-order valence-electron chi connectivity index (χ3n) is 1.35. The van der Waals surface area contributed by atoms with E-state index < -0.39 is 0 Å². The van der Waals surface area contributed by atoms with Gasteiger partial charge in [0.2, 0.25) is 0 Å². The summed E-state index contributed by atoms with van der Waals surface area (Å²) < 4.78 is 0. The molecule has 0 aliphatic heterocycles. The number of hydrogen-bond donors (Lipinski definition) is 1. The molecule has 1 N–H and O–H groups in total. The molecule has 0 unspecified atom stereocenters. The molecule has 1 aromatic rings. The molecule has 0 saturated heterocycles. The molecule has 0 fully saturated rings. The summed E-state index contributed by atoms with van der Waals surface area (Å²) in [6.45, 7) is 1.75. The van der Waals surface area contributed by atoms with Crippen molar-refractivity contribution >= 4 is 5.78 Å². The summed E-state index contributed by atoms with van der Waals surface area (Å²) in [7, 11) is 0. The van der Waals surface area contributed by atoms with Crippen LogP contribution in [0.15, 0.2) is 6.20 Å². The van der Waals surface area contributed by atoms with Gasteiger partial charge in [0.05, 0.1) is 6.20 Å². The van der Waals surface area contributed by atoms with Gasteiger partial charge in [0.15, 0.2) is 5.78 Å². The zero-order valence-corrected chi connectivity index (χ0v) is 6.79. The standard InChI is InChI=1S/C8H9N3O/c1-2-3-4-5-8(12)7-6-9-11-10-7/h6H,4-5H2,1H3,(H,9,10,11). The highest BCUT2D eigenvalue weighted by atomic mass is 16.1. The minimum absolute atomic E-state index is 0.0218. The van der Waals surface area contributed by atoms with Crippen molar-refractivity contribution in [3.8, 4) is 11.8 Å². The summed E-state index contributed by atoms with van der Waals surface area (Å²) in [6, 6.07) is 0. The SMILES string of the molecule is CC#CCCC(=O)c1cn[nH]n1. The first-order valence-electron chi connectivity index (χ1n) is 3.63. The van der Waals surface area contributed by atoms with Crippen LogP contribution in [0.4, 0.5) is 0 Å². The van der Waals surface area contributed by atoms with Crippen LogP contribution in [0.2, 0.25) is 0 Å². The van der Waals surface area contributed by atoms with Gasteiger partial charge < -0.3 is 0 Å². The first kappa shape index (κ1) is 8.47. The Morgan fingerprint density at radius 1 is 1.75 bits per heavy atom. The van der Waals surface area contributed by atoms with E-state index in [-0.39, 0.29) is 5.78 Å². The number of H-pyrrole nitrogens is 1. The highest BCUT2D eigenvalue weighted by Gasteiger charge is 2.06. The molecule has 1 rings (SSSR count). The van der Waals surface area contributed by atoms with E-state index in [2.05, 4.69) is 27.3 Å². The van der Waals surface area contributed by atoms with Crippen molar-refractivity contribution in [2.75, 3.05) is 0 Å². The van der Waals surface area contributed by atoms with Crippen molar-refractivity contribution in [1.82, 2.24) is 15.4 Å². The van der Waals surface area contributed by atoms with Crippen LogP contribution in [0.1, 0.15) is 30.3 Å². The van der Waals surface area contributed by atoms with Gasteiger partial charge in [0.1, 0.15) is 5.69 Å². The fourth-order valence-electron chi connectivity index (χ4n) is 0.765. The summed E-state index contributed by atoms with van der Waals surface area (Å²) >= 11 is 0. The maximum atomic E-state index is 11.2. The van der Waals surface area contributed by atoms with Crippen molar-refractivity contribution in [2.45, 2.75) is 19.8 Å². The van der Waals surface area contributed by atoms with Crippen molar-refractivity contribution in [2.24, 2.45) is 0 Å². The first-order valence-corrected chi connectivity index (χ1v) is 3.63. The number of hydrogen-bond acceptors (Lipinski definition) is 3. The predicted octanol–water partition coefficient (Wildman–Crippen LogP) is 0.791. The molecule has 0 atom stereocenters. The molecule has 0 aliphatic carbocycles. The molecular formula is C8H9N3O. The van der Waals surface area contributed by atoms with E-state index in [4.69, 9.17) is 0 Å². The average Bonchev–Trinajstić information content (AvgIpc) is 2.56. The van der Waals surface area contributed by atoms with Crippen LogP contribution in [0.3, 0.4) is 0 Å². The third-order valence-corrected chi connectivity index (χ3v) is 1.35. The summed E-state index contributed by atoms with van der Waals surface area (Å²) in [5.74, 6) is 5.51. The normalized spacial score (nSPS) is 8.75. The highest BCUT2D eigenvalue weighted by molar-refractivity contribution is 5.93. The Morgan fingerprint density at radius 3 is 3.17 bits per heavy atom. The Bertz CT molecular complexity index is 305. The van der Waals surface area contributed by atoms with Crippen LogP contribution in [0.25, 0.3) is 0 Å². The molecule has 0 aliphatic rings. The molecule has 12 heavy (non-hydrogen) atoms. The lowest BCUT2D eigenvalue weighted by atomic mass is 10.2. The van der Waals surface area contributed by atoms with Crippen LogP contribution in [-0.4, -0.2) is 21.2 Å². The molecule has 0 radical (unpaired) electrons. The monoisotopic (exact) mass is 163 g/mol. The zero-order chi connectivity index (χ0) is 8.81. The largest absolute Gasteiger partial charge is 0.292 e. The van der Waals surface area contributed by atoms with E-state index in [1.807, 2.05) is 0 Å². The molecular weight excluding hydrogens is 154 g/mol. The number of aromatic nitrogens is 3. The maximum absolute atomic E-state index is 11.2. The highest BCUT2D eigenvalue weighted by Crippen LogP contribution is 1.98. The zero-order valence-electron chi connectivity index (χ0n) is 6.79. The van der Waals surface area contributed by atoms with Crippen LogP contribution < -0.4 is 0 Å². The van der Waals surface area contributed by atoms with E-state index in [1.54, 1.807) is 6.92 Å². The van der Waals surface area contributed by atoms with E-state index in [9.17, 15) is 4.79 Å². The molecule has 0 amide bonds. The van der Waals surface area contributed by atoms with Crippen LogP contribution in [-0.2, 0) is 0 Å². The Kier molecular flexibility index (Phi) is 3.03. The van der Waals surface area contributed by atoms with Gasteiger partial charge in [0, 0.05) is 12.8 Å². The molecule has 0 spiro atoms. The smallest absolute Gasteiger partial charge is 0.185 e. The first-order chi connectivity index (χ1) is 5.84. The van der Waals surface area contributed by atoms with Crippen molar-refractivity contribution in [3.63, 3.8) is 0 Å². The number of aromatic amines is 1. The minimum atomic E-state index is -0.0218. The Labute approximate surface area is 70.4 Å². The second-order valence-corrected chi connectivity index (χ2v) is 2.21. The molecule has 4 nitrogen and oxygen atoms in total. The second-order valence-electron chi connectivity index (χ2n) is 2.21. The molecule has 4 heteroatoms. The number of rotatable bonds is 3. The van der Waals surface area contributed by atoms with Crippen molar-refractivity contribution < 1.29 is 4.79 Å². The molecule has 62 valence electrons. The Hall–Kier alpha value is -1.63. The number of carbonyl (C=O) groups is 1. The van der Waals surface area contributed by atoms with Gasteiger partial charge in [0.25, 0.3) is 0 Å².